The molecule has 0 saturated carbocycles. The standard InChI is InChI=1S/C14H22FN3/c1-11(2)9-18(8-7-14(16)17)10-12-5-3-4-6-13(12)15/h3-6,11H,7-10H2,1-2H3,(H3,16,17). The van der Waals surface area contributed by atoms with Crippen molar-refractivity contribution in [3.8, 4) is 0 Å². The molecule has 0 saturated heterocycles. The van der Waals surface area contributed by atoms with Crippen LogP contribution in [0.5, 0.6) is 0 Å². The Labute approximate surface area is 108 Å². The zero-order valence-electron chi connectivity index (χ0n) is 11.1. The second-order valence-electron chi connectivity index (χ2n) is 5.00. The lowest BCUT2D eigenvalue weighted by atomic mass is 10.1. The average Bonchev–Trinajstić information content (AvgIpc) is 2.28. The Morgan fingerprint density at radius 2 is 2.06 bits per heavy atom. The first kappa shape index (κ1) is 14.6. The van der Waals surface area contributed by atoms with E-state index in [0.717, 1.165) is 6.54 Å². The zero-order valence-corrected chi connectivity index (χ0v) is 11.1. The summed E-state index contributed by atoms with van der Waals surface area (Å²) in [5, 5.41) is 7.27. The van der Waals surface area contributed by atoms with Gasteiger partial charge in [-0.05, 0) is 12.0 Å². The van der Waals surface area contributed by atoms with Crippen molar-refractivity contribution < 1.29 is 4.39 Å². The predicted molar refractivity (Wildman–Crippen MR) is 73.0 cm³/mol. The average molecular weight is 251 g/mol. The number of nitrogens with one attached hydrogen (secondary N) is 1. The van der Waals surface area contributed by atoms with Crippen molar-refractivity contribution in [1.29, 1.82) is 5.41 Å². The van der Waals surface area contributed by atoms with Crippen molar-refractivity contribution in [3.63, 3.8) is 0 Å². The predicted octanol–water partition coefficient (Wildman–Crippen LogP) is 2.61. The summed E-state index contributed by atoms with van der Waals surface area (Å²) in [4.78, 5) is 2.14. The number of benzene rings is 1. The highest BCUT2D eigenvalue weighted by atomic mass is 19.1. The van der Waals surface area contributed by atoms with Crippen LogP contribution in [0.4, 0.5) is 4.39 Å². The third-order valence-electron chi connectivity index (χ3n) is 2.67. The van der Waals surface area contributed by atoms with Gasteiger partial charge in [-0.2, -0.15) is 0 Å². The summed E-state index contributed by atoms with van der Waals surface area (Å²) in [5.41, 5.74) is 6.07. The molecule has 1 aromatic rings. The summed E-state index contributed by atoms with van der Waals surface area (Å²) in [6.45, 7) is 6.39. The van der Waals surface area contributed by atoms with E-state index in [9.17, 15) is 4.39 Å². The molecule has 0 atom stereocenters. The van der Waals surface area contributed by atoms with Crippen LogP contribution in [0.25, 0.3) is 0 Å². The molecule has 0 fully saturated rings. The maximum atomic E-state index is 13.6. The minimum atomic E-state index is -0.172. The highest BCUT2D eigenvalue weighted by Crippen LogP contribution is 2.11. The molecular weight excluding hydrogens is 229 g/mol. The van der Waals surface area contributed by atoms with Crippen LogP contribution < -0.4 is 5.73 Å². The van der Waals surface area contributed by atoms with E-state index in [2.05, 4.69) is 18.7 Å². The van der Waals surface area contributed by atoms with E-state index in [1.165, 1.54) is 6.07 Å². The van der Waals surface area contributed by atoms with E-state index in [1.807, 2.05) is 6.07 Å². The summed E-state index contributed by atoms with van der Waals surface area (Å²) in [5.74, 6) is 0.509. The highest BCUT2D eigenvalue weighted by Gasteiger charge is 2.11. The first-order valence-electron chi connectivity index (χ1n) is 6.27. The third kappa shape index (κ3) is 5.27. The summed E-state index contributed by atoms with van der Waals surface area (Å²) in [7, 11) is 0. The van der Waals surface area contributed by atoms with E-state index >= 15 is 0 Å². The molecule has 3 N–H and O–H groups in total. The second-order valence-corrected chi connectivity index (χ2v) is 5.00. The molecule has 0 aromatic heterocycles. The SMILES string of the molecule is CC(C)CN(CCC(=N)N)Cc1ccccc1F. The highest BCUT2D eigenvalue weighted by molar-refractivity contribution is 5.76. The minimum absolute atomic E-state index is 0.172. The number of nitrogens with zero attached hydrogens (tertiary/aromatic N) is 1. The topological polar surface area (TPSA) is 53.1 Å². The Morgan fingerprint density at radius 3 is 2.61 bits per heavy atom. The van der Waals surface area contributed by atoms with Gasteiger partial charge >= 0.3 is 0 Å². The molecule has 3 nitrogen and oxygen atoms in total. The van der Waals surface area contributed by atoms with Gasteiger partial charge < -0.3 is 5.73 Å². The van der Waals surface area contributed by atoms with Gasteiger partial charge in [-0.1, -0.05) is 32.0 Å². The van der Waals surface area contributed by atoms with Crippen LogP contribution in [-0.4, -0.2) is 23.8 Å². The fourth-order valence-electron chi connectivity index (χ4n) is 1.90. The first-order chi connectivity index (χ1) is 8.49. The summed E-state index contributed by atoms with van der Waals surface area (Å²) in [6.07, 6.45) is 0.529. The van der Waals surface area contributed by atoms with Crippen LogP contribution in [-0.2, 0) is 6.54 Å². The minimum Gasteiger partial charge on any atom is -0.388 e. The molecular formula is C14H22FN3. The number of hydrogen-bond donors (Lipinski definition) is 2. The Bertz CT molecular complexity index is 390. The van der Waals surface area contributed by atoms with Gasteiger partial charge in [0, 0.05) is 31.6 Å². The molecule has 0 unspecified atom stereocenters. The van der Waals surface area contributed by atoms with Crippen LogP contribution in [0.3, 0.4) is 0 Å². The normalized spacial score (nSPS) is 11.2. The molecule has 1 aromatic carbocycles. The van der Waals surface area contributed by atoms with E-state index in [4.69, 9.17) is 11.1 Å². The number of hydrogen-bond acceptors (Lipinski definition) is 2. The van der Waals surface area contributed by atoms with Crippen molar-refractivity contribution in [3.05, 3.63) is 35.6 Å². The number of amidine groups is 1. The van der Waals surface area contributed by atoms with Gasteiger partial charge in [0.2, 0.25) is 0 Å². The Morgan fingerprint density at radius 1 is 1.39 bits per heavy atom. The van der Waals surface area contributed by atoms with Crippen molar-refractivity contribution in [2.24, 2.45) is 11.7 Å². The Kier molecular flexibility index (Phi) is 5.78. The lowest BCUT2D eigenvalue weighted by Crippen LogP contribution is -2.31. The molecule has 0 aliphatic heterocycles. The van der Waals surface area contributed by atoms with Crippen LogP contribution in [0.2, 0.25) is 0 Å². The van der Waals surface area contributed by atoms with Gasteiger partial charge in [-0.25, -0.2) is 4.39 Å². The van der Waals surface area contributed by atoms with Gasteiger partial charge in [0.05, 0.1) is 5.84 Å². The van der Waals surface area contributed by atoms with Crippen molar-refractivity contribution >= 4 is 5.84 Å². The molecule has 0 amide bonds. The van der Waals surface area contributed by atoms with E-state index in [-0.39, 0.29) is 11.7 Å². The van der Waals surface area contributed by atoms with Crippen molar-refractivity contribution in [2.75, 3.05) is 13.1 Å². The molecule has 0 radical (unpaired) electrons. The van der Waals surface area contributed by atoms with Crippen LogP contribution in [0, 0.1) is 17.1 Å². The molecule has 0 heterocycles. The zero-order chi connectivity index (χ0) is 13.5. The maximum absolute atomic E-state index is 13.6. The van der Waals surface area contributed by atoms with Gasteiger partial charge in [0.15, 0.2) is 0 Å². The molecule has 0 spiro atoms. The lowest BCUT2D eigenvalue weighted by molar-refractivity contribution is 0.239. The number of halogens is 1. The van der Waals surface area contributed by atoms with Gasteiger partial charge in [-0.3, -0.25) is 10.3 Å². The molecule has 1 rings (SSSR count). The Balaban J connectivity index is 2.65. The smallest absolute Gasteiger partial charge is 0.127 e. The van der Waals surface area contributed by atoms with Crippen LogP contribution in [0.15, 0.2) is 24.3 Å². The first-order valence-corrected chi connectivity index (χ1v) is 6.27. The van der Waals surface area contributed by atoms with Gasteiger partial charge in [0.1, 0.15) is 5.82 Å². The lowest BCUT2D eigenvalue weighted by Gasteiger charge is -2.24. The van der Waals surface area contributed by atoms with E-state index < -0.39 is 0 Å². The number of rotatable bonds is 7. The molecule has 0 bridgehead atoms. The molecule has 18 heavy (non-hydrogen) atoms. The fraction of sp³-hybridized carbons (Fsp3) is 0.500. The van der Waals surface area contributed by atoms with Crippen LogP contribution >= 0.6 is 0 Å². The number of nitrogens with two attached hydrogens (primary N) is 1. The maximum Gasteiger partial charge on any atom is 0.127 e. The van der Waals surface area contributed by atoms with Gasteiger partial charge in [0.25, 0.3) is 0 Å². The second kappa shape index (κ2) is 7.11. The summed E-state index contributed by atoms with van der Waals surface area (Å²) >= 11 is 0. The quantitative estimate of drug-likeness (QED) is 0.578. The Hall–Kier alpha value is -1.42. The fourth-order valence-corrected chi connectivity index (χ4v) is 1.90. The van der Waals surface area contributed by atoms with E-state index in [1.54, 1.807) is 12.1 Å². The van der Waals surface area contributed by atoms with Crippen molar-refractivity contribution in [1.82, 2.24) is 4.90 Å². The van der Waals surface area contributed by atoms with Crippen LogP contribution in [0.1, 0.15) is 25.8 Å². The molecule has 0 aliphatic rings. The largest absolute Gasteiger partial charge is 0.388 e. The summed E-state index contributed by atoms with van der Waals surface area (Å²) < 4.78 is 13.6. The summed E-state index contributed by atoms with van der Waals surface area (Å²) in [6, 6.07) is 6.82. The van der Waals surface area contributed by atoms with Gasteiger partial charge in [-0.15, -0.1) is 0 Å². The third-order valence-corrected chi connectivity index (χ3v) is 2.67. The van der Waals surface area contributed by atoms with Crippen molar-refractivity contribution in [2.45, 2.75) is 26.8 Å². The molecule has 0 aliphatic carbocycles. The molecule has 4 heteroatoms. The monoisotopic (exact) mass is 251 g/mol. The molecule has 100 valence electrons. The van der Waals surface area contributed by atoms with E-state index in [0.29, 0.717) is 31.0 Å².